The zero-order chi connectivity index (χ0) is 11.2. The van der Waals surface area contributed by atoms with Crippen LogP contribution in [0.5, 0.6) is 0 Å². The summed E-state index contributed by atoms with van der Waals surface area (Å²) in [5.74, 6) is 0.763. The molecule has 1 saturated carbocycles. The van der Waals surface area contributed by atoms with Crippen LogP contribution in [0.3, 0.4) is 0 Å². The number of hydrogen-bond acceptors (Lipinski definition) is 2. The van der Waals surface area contributed by atoms with E-state index in [2.05, 4.69) is 22.0 Å². The molecule has 1 fully saturated rings. The van der Waals surface area contributed by atoms with E-state index in [1.54, 1.807) is 0 Å². The zero-order valence-corrected chi connectivity index (χ0v) is 10.4. The van der Waals surface area contributed by atoms with E-state index in [1.165, 1.54) is 24.8 Å². The van der Waals surface area contributed by atoms with Crippen LogP contribution in [0.15, 0.2) is 24.5 Å². The average Bonchev–Trinajstić information content (AvgIpc) is 2.25. The van der Waals surface area contributed by atoms with Gasteiger partial charge in [0, 0.05) is 30.9 Å². The normalized spacial score (nSPS) is 16.4. The summed E-state index contributed by atoms with van der Waals surface area (Å²) in [7, 11) is 0. The van der Waals surface area contributed by atoms with Gasteiger partial charge in [-0.3, -0.25) is 9.88 Å². The summed E-state index contributed by atoms with van der Waals surface area (Å²) in [5.41, 5.74) is 1.36. The van der Waals surface area contributed by atoms with E-state index in [4.69, 9.17) is 11.6 Å². The van der Waals surface area contributed by atoms with Gasteiger partial charge < -0.3 is 0 Å². The Balaban J connectivity index is 1.90. The van der Waals surface area contributed by atoms with Gasteiger partial charge in [-0.05, 0) is 43.5 Å². The lowest BCUT2D eigenvalue weighted by molar-refractivity contribution is 0.120. The minimum absolute atomic E-state index is 0.763. The van der Waals surface area contributed by atoms with Gasteiger partial charge in [0.15, 0.2) is 0 Å². The molecule has 0 unspecified atom stereocenters. The molecule has 88 valence electrons. The molecule has 0 spiro atoms. The largest absolute Gasteiger partial charge is 0.296 e. The summed E-state index contributed by atoms with van der Waals surface area (Å²) in [6.07, 6.45) is 8.92. The molecule has 0 atom stereocenters. The van der Waals surface area contributed by atoms with E-state index in [9.17, 15) is 0 Å². The Kier molecular flexibility index (Phi) is 4.61. The molecular formula is C13H19ClN2. The molecule has 2 rings (SSSR count). The smallest absolute Gasteiger partial charge is 0.0271 e. The van der Waals surface area contributed by atoms with Crippen molar-refractivity contribution in [2.45, 2.75) is 38.3 Å². The molecule has 1 aromatic rings. The fraction of sp³-hybridized carbons (Fsp3) is 0.615. The second-order valence-electron chi connectivity index (χ2n) is 4.45. The van der Waals surface area contributed by atoms with Gasteiger partial charge in [0.05, 0.1) is 0 Å². The van der Waals surface area contributed by atoms with E-state index in [-0.39, 0.29) is 0 Å². The van der Waals surface area contributed by atoms with Gasteiger partial charge >= 0.3 is 0 Å². The lowest BCUT2D eigenvalue weighted by Gasteiger charge is -2.37. The fourth-order valence-corrected chi connectivity index (χ4v) is 2.25. The van der Waals surface area contributed by atoms with Crippen LogP contribution in [0.1, 0.15) is 31.2 Å². The first-order valence-electron chi connectivity index (χ1n) is 6.09. The van der Waals surface area contributed by atoms with Crippen molar-refractivity contribution in [3.05, 3.63) is 30.1 Å². The summed E-state index contributed by atoms with van der Waals surface area (Å²) in [6.45, 7) is 2.17. The molecule has 0 bridgehead atoms. The molecule has 2 nitrogen and oxygen atoms in total. The lowest BCUT2D eigenvalue weighted by atomic mass is 9.91. The molecular weight excluding hydrogens is 220 g/mol. The first-order valence-corrected chi connectivity index (χ1v) is 6.62. The predicted octanol–water partition coefficient (Wildman–Crippen LogP) is 3.07. The number of halogens is 1. The van der Waals surface area contributed by atoms with Crippen molar-refractivity contribution in [3.8, 4) is 0 Å². The van der Waals surface area contributed by atoms with Crippen molar-refractivity contribution in [1.29, 1.82) is 0 Å². The highest BCUT2D eigenvalue weighted by molar-refractivity contribution is 6.17. The molecule has 1 aliphatic rings. The molecule has 0 N–H and O–H groups in total. The summed E-state index contributed by atoms with van der Waals surface area (Å²) in [6, 6.07) is 5.00. The maximum atomic E-state index is 5.78. The molecule has 16 heavy (non-hydrogen) atoms. The second-order valence-corrected chi connectivity index (χ2v) is 4.83. The Morgan fingerprint density at radius 1 is 1.31 bits per heavy atom. The predicted molar refractivity (Wildman–Crippen MR) is 67.6 cm³/mol. The topological polar surface area (TPSA) is 16.1 Å². The van der Waals surface area contributed by atoms with E-state index in [0.29, 0.717) is 0 Å². The Morgan fingerprint density at radius 2 is 2.06 bits per heavy atom. The number of hydrogen-bond donors (Lipinski definition) is 0. The third kappa shape index (κ3) is 3.19. The number of pyridine rings is 1. The van der Waals surface area contributed by atoms with Crippen molar-refractivity contribution in [2.24, 2.45) is 0 Å². The fourth-order valence-electron chi connectivity index (χ4n) is 2.13. The summed E-state index contributed by atoms with van der Waals surface area (Å²) < 4.78 is 0. The van der Waals surface area contributed by atoms with Gasteiger partial charge in [-0.15, -0.1) is 11.6 Å². The van der Waals surface area contributed by atoms with Crippen molar-refractivity contribution >= 4 is 11.6 Å². The van der Waals surface area contributed by atoms with Crippen LogP contribution in [0.4, 0.5) is 0 Å². The third-order valence-corrected chi connectivity index (χ3v) is 3.57. The Morgan fingerprint density at radius 3 is 2.62 bits per heavy atom. The first-order chi connectivity index (χ1) is 7.90. The lowest BCUT2D eigenvalue weighted by Crippen LogP contribution is -2.40. The van der Waals surface area contributed by atoms with Crippen LogP contribution in [0, 0.1) is 0 Å². The molecule has 0 saturated heterocycles. The Labute approximate surface area is 103 Å². The Hall–Kier alpha value is -0.600. The number of rotatable bonds is 6. The summed E-state index contributed by atoms with van der Waals surface area (Å²) >= 11 is 5.78. The van der Waals surface area contributed by atoms with Crippen molar-refractivity contribution in [2.75, 3.05) is 12.4 Å². The molecule has 3 heteroatoms. The van der Waals surface area contributed by atoms with Crippen molar-refractivity contribution in [1.82, 2.24) is 9.88 Å². The molecule has 1 aliphatic carbocycles. The van der Waals surface area contributed by atoms with Gasteiger partial charge in [0.25, 0.3) is 0 Å². The van der Waals surface area contributed by atoms with Crippen LogP contribution in [0.25, 0.3) is 0 Å². The van der Waals surface area contributed by atoms with Gasteiger partial charge in [-0.2, -0.15) is 0 Å². The van der Waals surface area contributed by atoms with Crippen molar-refractivity contribution in [3.63, 3.8) is 0 Å². The van der Waals surface area contributed by atoms with Crippen LogP contribution in [-0.2, 0) is 6.54 Å². The molecule has 0 aromatic carbocycles. The van der Waals surface area contributed by atoms with Gasteiger partial charge in [-0.1, -0.05) is 6.42 Å². The maximum Gasteiger partial charge on any atom is 0.0271 e. The quantitative estimate of drug-likeness (QED) is 0.709. The van der Waals surface area contributed by atoms with Crippen LogP contribution in [0.2, 0.25) is 0 Å². The van der Waals surface area contributed by atoms with Crippen LogP contribution in [-0.4, -0.2) is 28.4 Å². The van der Waals surface area contributed by atoms with Gasteiger partial charge in [0.1, 0.15) is 0 Å². The SMILES string of the molecule is ClCCCN(Cc1ccncc1)C1CCC1. The average molecular weight is 239 g/mol. The Bertz CT molecular complexity index is 298. The number of nitrogens with zero attached hydrogens (tertiary/aromatic N) is 2. The molecule has 1 heterocycles. The third-order valence-electron chi connectivity index (χ3n) is 3.31. The van der Waals surface area contributed by atoms with Crippen molar-refractivity contribution < 1.29 is 0 Å². The van der Waals surface area contributed by atoms with E-state index in [0.717, 1.165) is 31.4 Å². The van der Waals surface area contributed by atoms with E-state index < -0.39 is 0 Å². The zero-order valence-electron chi connectivity index (χ0n) is 9.61. The van der Waals surface area contributed by atoms with Crippen LogP contribution >= 0.6 is 11.6 Å². The second kappa shape index (κ2) is 6.21. The highest BCUT2D eigenvalue weighted by Gasteiger charge is 2.24. The van der Waals surface area contributed by atoms with Gasteiger partial charge in [-0.25, -0.2) is 0 Å². The molecule has 0 amide bonds. The number of alkyl halides is 1. The van der Waals surface area contributed by atoms with E-state index in [1.807, 2.05) is 12.4 Å². The minimum atomic E-state index is 0.763. The highest BCUT2D eigenvalue weighted by atomic mass is 35.5. The highest BCUT2D eigenvalue weighted by Crippen LogP contribution is 2.26. The van der Waals surface area contributed by atoms with E-state index >= 15 is 0 Å². The maximum absolute atomic E-state index is 5.78. The van der Waals surface area contributed by atoms with Gasteiger partial charge in [0.2, 0.25) is 0 Å². The minimum Gasteiger partial charge on any atom is -0.296 e. The monoisotopic (exact) mass is 238 g/mol. The molecule has 1 aromatic heterocycles. The molecule has 0 radical (unpaired) electrons. The summed E-state index contributed by atoms with van der Waals surface area (Å²) in [5, 5.41) is 0. The summed E-state index contributed by atoms with van der Waals surface area (Å²) in [4.78, 5) is 6.62. The standard InChI is InChI=1S/C13H19ClN2/c14-7-2-10-16(13-3-1-4-13)11-12-5-8-15-9-6-12/h5-6,8-9,13H,1-4,7,10-11H2. The first kappa shape index (κ1) is 11.9. The molecule has 0 aliphatic heterocycles. The van der Waals surface area contributed by atoms with Crippen LogP contribution < -0.4 is 0 Å². The number of aromatic nitrogens is 1.